The van der Waals surface area contributed by atoms with Crippen molar-refractivity contribution < 1.29 is 41.0 Å². The second-order valence-corrected chi connectivity index (χ2v) is 10.2. The molecule has 204 valence electrons. The molecule has 0 aromatic heterocycles. The van der Waals surface area contributed by atoms with Crippen LogP contribution in [0.5, 0.6) is 5.75 Å². The highest BCUT2D eigenvalue weighted by molar-refractivity contribution is 7.89. The summed E-state index contributed by atoms with van der Waals surface area (Å²) in [5.74, 6) is -2.23. The molecule has 1 aliphatic rings. The van der Waals surface area contributed by atoms with E-state index in [1.807, 2.05) is 6.07 Å². The number of halogens is 4. The lowest BCUT2D eigenvalue weighted by Crippen LogP contribution is -2.47. The molecule has 9 nitrogen and oxygen atoms in total. The van der Waals surface area contributed by atoms with E-state index in [0.29, 0.717) is 23.9 Å². The molecule has 0 saturated carbocycles. The van der Waals surface area contributed by atoms with Gasteiger partial charge in [-0.25, -0.2) is 13.2 Å². The maximum Gasteiger partial charge on any atom is 0.490 e. The second kappa shape index (κ2) is 13.6. The third-order valence-electron chi connectivity index (χ3n) is 5.23. The van der Waals surface area contributed by atoms with Gasteiger partial charge >= 0.3 is 12.1 Å². The van der Waals surface area contributed by atoms with Crippen LogP contribution >= 0.6 is 11.6 Å². The molecular weight excluding hydrogens is 539 g/mol. The van der Waals surface area contributed by atoms with Gasteiger partial charge in [0, 0.05) is 50.7 Å². The maximum atomic E-state index is 13.3. The molecule has 1 fully saturated rings. The molecule has 2 N–H and O–H groups in total. The van der Waals surface area contributed by atoms with E-state index in [1.165, 1.54) is 23.5 Å². The van der Waals surface area contributed by atoms with Crippen molar-refractivity contribution >= 4 is 33.5 Å². The van der Waals surface area contributed by atoms with Crippen LogP contribution in [0.4, 0.5) is 13.2 Å². The van der Waals surface area contributed by atoms with Crippen molar-refractivity contribution in [2.75, 3.05) is 39.8 Å². The Balaban J connectivity index is 0.000000604. The summed E-state index contributed by atoms with van der Waals surface area (Å²) in [5.41, 5.74) is 0.759. The highest BCUT2D eigenvalue weighted by Gasteiger charge is 2.38. The number of methoxy groups -OCH3 is 1. The zero-order valence-electron chi connectivity index (χ0n) is 19.9. The van der Waals surface area contributed by atoms with Gasteiger partial charge in [0.25, 0.3) is 0 Å². The molecule has 0 atom stereocenters. The van der Waals surface area contributed by atoms with Crippen molar-refractivity contribution in [1.82, 2.24) is 14.5 Å². The molecule has 0 bridgehead atoms. The number of hydrogen-bond acceptors (Lipinski definition) is 6. The number of nitrogens with zero attached hydrogens (tertiary/aromatic N) is 2. The molecule has 1 saturated heterocycles. The van der Waals surface area contributed by atoms with E-state index in [4.69, 9.17) is 26.2 Å². The Morgan fingerprint density at radius 1 is 1.14 bits per heavy atom. The average molecular weight is 566 g/mol. The van der Waals surface area contributed by atoms with Gasteiger partial charge in [-0.05, 0) is 42.0 Å². The Kier molecular flexibility index (Phi) is 11.2. The first-order chi connectivity index (χ1) is 17.3. The molecule has 14 heteroatoms. The minimum atomic E-state index is -5.08. The molecule has 2 aromatic carbocycles. The van der Waals surface area contributed by atoms with Crippen molar-refractivity contribution in [3.05, 3.63) is 59.1 Å². The predicted octanol–water partition coefficient (Wildman–Crippen LogP) is 2.99. The van der Waals surface area contributed by atoms with Gasteiger partial charge in [0.2, 0.25) is 15.9 Å². The molecule has 1 amide bonds. The van der Waals surface area contributed by atoms with Gasteiger partial charge in [-0.3, -0.25) is 4.79 Å². The molecular formula is C23H27ClF3N3O6S. The standard InChI is InChI=1S/C21H26ClN3O4S.C2HF3O2/c1-29-19-5-7-20(8-6-19)30(27,28)25(16-17-3-2-4-18(22)15-17)12-9-21(26)24-13-10-23-11-14-24;3-2(4,5)1(6)7/h2-8,15,23H,9-14,16H2,1H3;(H,6,7). The SMILES string of the molecule is COc1ccc(S(=O)(=O)N(CCC(=O)N2CCNCC2)Cc2cccc(Cl)c2)cc1.O=C(O)C(F)(F)F. The average Bonchev–Trinajstić information content (AvgIpc) is 2.86. The molecule has 3 rings (SSSR count). The summed E-state index contributed by atoms with van der Waals surface area (Å²) in [7, 11) is -2.29. The van der Waals surface area contributed by atoms with Crippen molar-refractivity contribution in [3.8, 4) is 5.75 Å². The number of piperazine rings is 1. The third kappa shape index (κ3) is 9.50. The van der Waals surface area contributed by atoms with Gasteiger partial charge < -0.3 is 20.1 Å². The fourth-order valence-corrected chi connectivity index (χ4v) is 4.95. The largest absolute Gasteiger partial charge is 0.497 e. The van der Waals surface area contributed by atoms with Gasteiger partial charge in [-0.15, -0.1) is 0 Å². The number of rotatable bonds is 8. The summed E-state index contributed by atoms with van der Waals surface area (Å²) >= 11 is 6.07. The number of benzene rings is 2. The lowest BCUT2D eigenvalue weighted by atomic mass is 10.2. The molecule has 1 aliphatic heterocycles. The summed E-state index contributed by atoms with van der Waals surface area (Å²) in [4.78, 5) is 23.4. The topological polar surface area (TPSA) is 116 Å². The van der Waals surface area contributed by atoms with Gasteiger partial charge in [0.1, 0.15) is 5.75 Å². The van der Waals surface area contributed by atoms with E-state index in [1.54, 1.807) is 35.2 Å². The number of alkyl halides is 3. The van der Waals surface area contributed by atoms with Crippen LogP contribution in [0.1, 0.15) is 12.0 Å². The Morgan fingerprint density at radius 2 is 1.73 bits per heavy atom. The molecule has 0 aliphatic carbocycles. The molecule has 1 heterocycles. The third-order valence-corrected chi connectivity index (χ3v) is 7.33. The highest BCUT2D eigenvalue weighted by atomic mass is 35.5. The molecule has 0 radical (unpaired) electrons. The zero-order chi connectivity index (χ0) is 27.6. The van der Waals surface area contributed by atoms with E-state index >= 15 is 0 Å². The monoisotopic (exact) mass is 565 g/mol. The van der Waals surface area contributed by atoms with Gasteiger partial charge in [-0.2, -0.15) is 17.5 Å². The van der Waals surface area contributed by atoms with Gasteiger partial charge in [-0.1, -0.05) is 23.7 Å². The first-order valence-corrected chi connectivity index (χ1v) is 12.8. The fraction of sp³-hybridized carbons (Fsp3) is 0.391. The summed E-state index contributed by atoms with van der Waals surface area (Å²) in [6, 6.07) is 13.3. The normalized spacial score (nSPS) is 14.1. The number of sulfonamides is 1. The second-order valence-electron chi connectivity index (χ2n) is 7.83. The minimum Gasteiger partial charge on any atom is -0.497 e. The van der Waals surface area contributed by atoms with Crippen LogP contribution in [0, 0.1) is 0 Å². The van der Waals surface area contributed by atoms with E-state index < -0.39 is 22.2 Å². The van der Waals surface area contributed by atoms with Crippen molar-refractivity contribution in [1.29, 1.82) is 0 Å². The van der Waals surface area contributed by atoms with E-state index in [2.05, 4.69) is 5.32 Å². The summed E-state index contributed by atoms with van der Waals surface area (Å²) in [6.45, 7) is 2.99. The summed E-state index contributed by atoms with van der Waals surface area (Å²) in [6.07, 6.45) is -4.96. The molecule has 0 spiro atoms. The first-order valence-electron chi connectivity index (χ1n) is 11.0. The van der Waals surface area contributed by atoms with E-state index in [0.717, 1.165) is 18.7 Å². The van der Waals surface area contributed by atoms with Crippen LogP contribution in [-0.4, -0.2) is 80.6 Å². The Labute approximate surface area is 217 Å². The van der Waals surface area contributed by atoms with Crippen LogP contribution in [0.2, 0.25) is 5.02 Å². The predicted molar refractivity (Wildman–Crippen MR) is 130 cm³/mol. The fourth-order valence-electron chi connectivity index (χ4n) is 3.31. The lowest BCUT2D eigenvalue weighted by molar-refractivity contribution is -0.192. The molecule has 0 unspecified atom stereocenters. The summed E-state index contributed by atoms with van der Waals surface area (Å²) < 4.78 is 64.8. The Bertz CT molecular complexity index is 1160. The number of ether oxygens (including phenoxy) is 1. The van der Waals surface area contributed by atoms with Crippen LogP contribution in [0.3, 0.4) is 0 Å². The van der Waals surface area contributed by atoms with Crippen molar-refractivity contribution in [2.45, 2.75) is 24.0 Å². The number of nitrogens with one attached hydrogen (secondary N) is 1. The van der Waals surface area contributed by atoms with Crippen molar-refractivity contribution in [2.24, 2.45) is 0 Å². The molecule has 2 aromatic rings. The minimum absolute atomic E-state index is 0.0440. The molecule has 37 heavy (non-hydrogen) atoms. The van der Waals surface area contributed by atoms with Crippen molar-refractivity contribution in [3.63, 3.8) is 0 Å². The van der Waals surface area contributed by atoms with Gasteiger partial charge in [0.15, 0.2) is 0 Å². The Morgan fingerprint density at radius 3 is 2.24 bits per heavy atom. The van der Waals surface area contributed by atoms with Crippen LogP contribution in [0.15, 0.2) is 53.4 Å². The number of carboxylic acid groups (broad SMARTS) is 1. The van der Waals surface area contributed by atoms with Crippen LogP contribution in [-0.2, 0) is 26.2 Å². The number of amides is 1. The lowest BCUT2D eigenvalue weighted by Gasteiger charge is -2.29. The number of carboxylic acids is 1. The Hall–Kier alpha value is -2.87. The highest BCUT2D eigenvalue weighted by Crippen LogP contribution is 2.23. The van der Waals surface area contributed by atoms with Crippen LogP contribution < -0.4 is 10.1 Å². The number of carbonyl (C=O) groups is 2. The number of carbonyl (C=O) groups excluding carboxylic acids is 1. The van der Waals surface area contributed by atoms with Crippen LogP contribution in [0.25, 0.3) is 0 Å². The first kappa shape index (κ1) is 30.4. The van der Waals surface area contributed by atoms with Gasteiger partial charge in [0.05, 0.1) is 12.0 Å². The zero-order valence-corrected chi connectivity index (χ0v) is 21.4. The quantitative estimate of drug-likeness (QED) is 0.505. The maximum absolute atomic E-state index is 13.3. The smallest absolute Gasteiger partial charge is 0.490 e. The van der Waals surface area contributed by atoms with E-state index in [9.17, 15) is 26.4 Å². The number of aliphatic carboxylic acids is 1. The van der Waals surface area contributed by atoms with E-state index in [-0.39, 0.29) is 30.3 Å². The number of hydrogen-bond donors (Lipinski definition) is 2. The summed E-state index contributed by atoms with van der Waals surface area (Å²) in [5, 5.41) is 10.9.